The lowest BCUT2D eigenvalue weighted by atomic mass is 9.89. The molecule has 1 unspecified atom stereocenters. The molecule has 2 nitrogen and oxygen atoms in total. The molecule has 2 heteroatoms. The van der Waals surface area contributed by atoms with Gasteiger partial charge in [-0.3, -0.25) is 4.79 Å². The fraction of sp³-hybridized carbons (Fsp3) is 0.267. The van der Waals surface area contributed by atoms with Gasteiger partial charge in [0.1, 0.15) is 5.76 Å². The van der Waals surface area contributed by atoms with Crippen LogP contribution < -0.4 is 0 Å². The largest absolute Gasteiger partial charge is 0.497 e. The smallest absolute Gasteiger partial charge is 0.189 e. The summed E-state index contributed by atoms with van der Waals surface area (Å²) in [7, 11) is 0. The van der Waals surface area contributed by atoms with Crippen LogP contribution in [0.5, 0.6) is 0 Å². The lowest BCUT2D eigenvalue weighted by Crippen LogP contribution is -2.10. The van der Waals surface area contributed by atoms with E-state index in [1.54, 1.807) is 18.2 Å². The van der Waals surface area contributed by atoms with Crippen LogP contribution in [-0.4, -0.2) is 12.4 Å². The van der Waals surface area contributed by atoms with Gasteiger partial charge in [-0.2, -0.15) is 0 Å². The maximum absolute atomic E-state index is 11.9. The Kier molecular flexibility index (Phi) is 3.14. The lowest BCUT2D eigenvalue weighted by molar-refractivity contribution is 0.104. The third kappa shape index (κ3) is 2.64. The maximum atomic E-state index is 11.9. The second-order valence-electron chi connectivity index (χ2n) is 4.66. The molecule has 2 rings (SSSR count). The highest BCUT2D eigenvalue weighted by molar-refractivity contribution is 6.04. The quantitative estimate of drug-likeness (QED) is 0.450. The van der Waals surface area contributed by atoms with Crippen molar-refractivity contribution in [3.05, 3.63) is 60.4 Å². The van der Waals surface area contributed by atoms with Crippen LogP contribution in [0.3, 0.4) is 0 Å². The summed E-state index contributed by atoms with van der Waals surface area (Å²) < 4.78 is 5.52. The number of ether oxygens (including phenoxy) is 1. The van der Waals surface area contributed by atoms with E-state index in [2.05, 4.69) is 13.5 Å². The Hall–Kier alpha value is -1.83. The Balaban J connectivity index is 2.12. The van der Waals surface area contributed by atoms with Crippen molar-refractivity contribution < 1.29 is 9.53 Å². The summed E-state index contributed by atoms with van der Waals surface area (Å²) in [6.07, 6.45) is 4.22. The molecule has 1 saturated heterocycles. The van der Waals surface area contributed by atoms with Gasteiger partial charge in [-0.25, -0.2) is 0 Å². The van der Waals surface area contributed by atoms with E-state index in [9.17, 15) is 4.79 Å². The second-order valence-corrected chi connectivity index (χ2v) is 4.66. The summed E-state index contributed by atoms with van der Waals surface area (Å²) in [5.74, 6) is 0.746. The van der Waals surface area contributed by atoms with E-state index < -0.39 is 0 Å². The lowest BCUT2D eigenvalue weighted by Gasteiger charge is -2.12. The molecule has 0 radical (unpaired) electrons. The zero-order valence-corrected chi connectivity index (χ0v) is 9.98. The second kappa shape index (κ2) is 4.58. The van der Waals surface area contributed by atoms with E-state index in [0.717, 1.165) is 12.2 Å². The molecule has 1 aliphatic rings. The summed E-state index contributed by atoms with van der Waals surface area (Å²) in [5.41, 5.74) is 0.652. The molecule has 0 saturated carbocycles. The highest BCUT2D eigenvalue weighted by Gasteiger charge is 2.30. The molecular formula is C15H16O2. The third-order valence-corrected chi connectivity index (χ3v) is 3.01. The van der Waals surface area contributed by atoms with Gasteiger partial charge < -0.3 is 4.74 Å². The number of allylic oxidation sites excluding steroid dienone is 2. The SMILES string of the molecule is C=CC1(C)CO/C(=C\C(=O)c2ccccc2)C1. The summed E-state index contributed by atoms with van der Waals surface area (Å²) in [6, 6.07) is 9.22. The first kappa shape index (κ1) is 11.6. The molecule has 0 amide bonds. The average molecular weight is 228 g/mol. The van der Waals surface area contributed by atoms with Crippen molar-refractivity contribution in [2.45, 2.75) is 13.3 Å². The van der Waals surface area contributed by atoms with E-state index in [4.69, 9.17) is 4.74 Å². The topological polar surface area (TPSA) is 26.3 Å². The van der Waals surface area contributed by atoms with Gasteiger partial charge in [-0.1, -0.05) is 43.3 Å². The van der Waals surface area contributed by atoms with Crippen LogP contribution in [0.15, 0.2) is 54.8 Å². The monoisotopic (exact) mass is 228 g/mol. The highest BCUT2D eigenvalue weighted by Crippen LogP contribution is 2.35. The van der Waals surface area contributed by atoms with Crippen LogP contribution in [0.1, 0.15) is 23.7 Å². The van der Waals surface area contributed by atoms with E-state index in [0.29, 0.717) is 12.2 Å². The summed E-state index contributed by atoms with van der Waals surface area (Å²) in [4.78, 5) is 11.9. The molecule has 1 aromatic carbocycles. The Morgan fingerprint density at radius 2 is 2.12 bits per heavy atom. The van der Waals surface area contributed by atoms with Crippen LogP contribution >= 0.6 is 0 Å². The number of carbonyl (C=O) groups is 1. The fourth-order valence-corrected chi connectivity index (χ4v) is 1.81. The zero-order valence-electron chi connectivity index (χ0n) is 9.98. The van der Waals surface area contributed by atoms with Gasteiger partial charge in [0.15, 0.2) is 5.78 Å². The first-order chi connectivity index (χ1) is 8.13. The standard InChI is InChI=1S/C15H16O2/c1-3-15(2)10-13(17-11-15)9-14(16)12-7-5-4-6-8-12/h3-9H,1,10-11H2,2H3/b13-9-. The zero-order chi connectivity index (χ0) is 12.3. The van der Waals surface area contributed by atoms with Crippen molar-refractivity contribution in [1.82, 2.24) is 0 Å². The summed E-state index contributed by atoms with van der Waals surface area (Å²) >= 11 is 0. The summed E-state index contributed by atoms with van der Waals surface area (Å²) in [6.45, 7) is 6.47. The molecule has 88 valence electrons. The van der Waals surface area contributed by atoms with Crippen LogP contribution in [0.2, 0.25) is 0 Å². The van der Waals surface area contributed by atoms with E-state index in [1.165, 1.54) is 0 Å². The van der Waals surface area contributed by atoms with E-state index in [1.807, 2.05) is 24.3 Å². The minimum Gasteiger partial charge on any atom is -0.497 e. The predicted octanol–water partition coefficient (Wildman–Crippen LogP) is 3.37. The van der Waals surface area contributed by atoms with Gasteiger partial charge >= 0.3 is 0 Å². The van der Waals surface area contributed by atoms with Gasteiger partial charge in [0.25, 0.3) is 0 Å². The molecule has 1 heterocycles. The molecule has 17 heavy (non-hydrogen) atoms. The number of ketones is 1. The number of benzene rings is 1. The number of rotatable bonds is 3. The highest BCUT2D eigenvalue weighted by atomic mass is 16.5. The molecular weight excluding hydrogens is 212 g/mol. The van der Waals surface area contributed by atoms with Crippen molar-refractivity contribution in [2.75, 3.05) is 6.61 Å². The average Bonchev–Trinajstić information content (AvgIpc) is 2.73. The predicted molar refractivity (Wildman–Crippen MR) is 67.7 cm³/mol. The van der Waals surface area contributed by atoms with Crippen molar-refractivity contribution in [2.24, 2.45) is 5.41 Å². The van der Waals surface area contributed by atoms with Crippen molar-refractivity contribution in [3.63, 3.8) is 0 Å². The molecule has 1 fully saturated rings. The van der Waals surface area contributed by atoms with Gasteiger partial charge in [0.2, 0.25) is 0 Å². The minimum atomic E-state index is -0.0389. The minimum absolute atomic E-state index is 0.00564. The Morgan fingerprint density at radius 3 is 2.71 bits per heavy atom. The first-order valence-corrected chi connectivity index (χ1v) is 5.69. The third-order valence-electron chi connectivity index (χ3n) is 3.01. The van der Waals surface area contributed by atoms with Gasteiger partial charge in [0.05, 0.1) is 6.61 Å². The number of hydrogen-bond acceptors (Lipinski definition) is 2. The molecule has 0 aliphatic carbocycles. The van der Waals surface area contributed by atoms with Gasteiger partial charge in [0, 0.05) is 23.5 Å². The molecule has 0 spiro atoms. The molecule has 1 atom stereocenters. The van der Waals surface area contributed by atoms with Gasteiger partial charge in [-0.05, 0) is 0 Å². The van der Waals surface area contributed by atoms with Crippen molar-refractivity contribution >= 4 is 5.78 Å². The van der Waals surface area contributed by atoms with Crippen molar-refractivity contribution in [1.29, 1.82) is 0 Å². The number of carbonyl (C=O) groups excluding carboxylic acids is 1. The Morgan fingerprint density at radius 1 is 1.41 bits per heavy atom. The fourth-order valence-electron chi connectivity index (χ4n) is 1.81. The molecule has 0 N–H and O–H groups in total. The molecule has 0 bridgehead atoms. The maximum Gasteiger partial charge on any atom is 0.189 e. The number of hydrogen-bond donors (Lipinski definition) is 0. The van der Waals surface area contributed by atoms with E-state index in [-0.39, 0.29) is 11.2 Å². The van der Waals surface area contributed by atoms with Crippen LogP contribution in [0.4, 0.5) is 0 Å². The summed E-state index contributed by atoms with van der Waals surface area (Å²) in [5, 5.41) is 0. The molecule has 1 aliphatic heterocycles. The molecule has 1 aromatic rings. The van der Waals surface area contributed by atoms with Crippen LogP contribution in [0, 0.1) is 5.41 Å². The Bertz CT molecular complexity index is 459. The normalized spacial score (nSPS) is 25.6. The van der Waals surface area contributed by atoms with Gasteiger partial charge in [-0.15, -0.1) is 6.58 Å². The van der Waals surface area contributed by atoms with Crippen LogP contribution in [-0.2, 0) is 4.74 Å². The van der Waals surface area contributed by atoms with E-state index >= 15 is 0 Å². The Labute approximate surface area is 102 Å². The van der Waals surface area contributed by atoms with Crippen LogP contribution in [0.25, 0.3) is 0 Å². The van der Waals surface area contributed by atoms with Crippen molar-refractivity contribution in [3.8, 4) is 0 Å². The first-order valence-electron chi connectivity index (χ1n) is 5.69. The molecule has 0 aromatic heterocycles.